The van der Waals surface area contributed by atoms with Crippen LogP contribution in [0.3, 0.4) is 0 Å². The van der Waals surface area contributed by atoms with Gasteiger partial charge in [-0.3, -0.25) is 19.7 Å². The van der Waals surface area contributed by atoms with Gasteiger partial charge in [-0.05, 0) is 78.1 Å². The number of carbonyl (C=O) groups is 1. The van der Waals surface area contributed by atoms with Crippen molar-refractivity contribution >= 4 is 28.9 Å². The number of para-hydroxylation sites is 1. The molecule has 1 aliphatic heterocycles. The number of halogens is 1. The van der Waals surface area contributed by atoms with Crippen LogP contribution in [-0.2, 0) is 23.1 Å². The first kappa shape index (κ1) is 19.5. The predicted octanol–water partition coefficient (Wildman–Crippen LogP) is 5.53. The molecule has 31 heavy (non-hydrogen) atoms. The average molecular weight is 426 g/mol. The van der Waals surface area contributed by atoms with Crippen LogP contribution in [0, 0.1) is 0 Å². The normalized spacial score (nSPS) is 14.5. The Bertz CT molecular complexity index is 1190. The summed E-state index contributed by atoms with van der Waals surface area (Å²) in [7, 11) is 0. The average Bonchev–Trinajstić information content (AvgIpc) is 3.03. The second-order valence-electron chi connectivity index (χ2n) is 7.78. The van der Waals surface area contributed by atoms with Crippen LogP contribution in [0.4, 0.5) is 11.4 Å². The largest absolute Gasteiger partial charge is 0.280 e. The van der Waals surface area contributed by atoms with Gasteiger partial charge in [0.15, 0.2) is 0 Å². The zero-order chi connectivity index (χ0) is 21.3. The van der Waals surface area contributed by atoms with E-state index >= 15 is 0 Å². The summed E-state index contributed by atoms with van der Waals surface area (Å²) in [4.78, 5) is 24.4. The van der Waals surface area contributed by atoms with Gasteiger partial charge >= 0.3 is 0 Å². The minimum absolute atomic E-state index is 0.0459. The van der Waals surface area contributed by atoms with Crippen molar-refractivity contribution in [2.45, 2.75) is 18.3 Å². The lowest BCUT2D eigenvalue weighted by Gasteiger charge is -2.29. The van der Waals surface area contributed by atoms with Gasteiger partial charge in [-0.15, -0.1) is 0 Å². The number of rotatable bonds is 5. The highest BCUT2D eigenvalue weighted by Crippen LogP contribution is 2.49. The lowest BCUT2D eigenvalue weighted by Crippen LogP contribution is -2.42. The molecule has 0 aliphatic carbocycles. The van der Waals surface area contributed by atoms with Gasteiger partial charge < -0.3 is 0 Å². The van der Waals surface area contributed by atoms with E-state index in [1.165, 1.54) is 0 Å². The molecular formula is C26H20ClN3O. The van der Waals surface area contributed by atoms with Crippen molar-refractivity contribution in [3.8, 4) is 0 Å². The van der Waals surface area contributed by atoms with Crippen LogP contribution < -0.4 is 4.90 Å². The Kier molecular flexibility index (Phi) is 5.00. The van der Waals surface area contributed by atoms with Gasteiger partial charge in [0.1, 0.15) is 0 Å². The third-order valence-corrected chi connectivity index (χ3v) is 6.09. The van der Waals surface area contributed by atoms with Crippen molar-refractivity contribution in [2.24, 2.45) is 0 Å². The van der Waals surface area contributed by atoms with Crippen molar-refractivity contribution in [1.82, 2.24) is 9.97 Å². The van der Waals surface area contributed by atoms with E-state index < -0.39 is 5.41 Å². The second-order valence-corrected chi connectivity index (χ2v) is 8.22. The number of amides is 1. The lowest BCUT2D eigenvalue weighted by atomic mass is 9.72. The fourth-order valence-electron chi connectivity index (χ4n) is 4.49. The number of aromatic nitrogens is 2. The van der Waals surface area contributed by atoms with Crippen LogP contribution in [0.2, 0.25) is 5.02 Å². The van der Waals surface area contributed by atoms with E-state index in [1.807, 2.05) is 71.6 Å². The van der Waals surface area contributed by atoms with Crippen molar-refractivity contribution in [3.63, 3.8) is 0 Å². The zero-order valence-electron chi connectivity index (χ0n) is 16.8. The molecule has 0 bridgehead atoms. The fourth-order valence-corrected chi connectivity index (χ4v) is 4.67. The molecule has 3 heterocycles. The van der Waals surface area contributed by atoms with Crippen LogP contribution in [-0.4, -0.2) is 15.9 Å². The Morgan fingerprint density at radius 2 is 1.39 bits per heavy atom. The van der Waals surface area contributed by atoms with Gasteiger partial charge in [0, 0.05) is 29.8 Å². The number of carbonyl (C=O) groups excluding carboxylic acids is 1. The van der Waals surface area contributed by atoms with E-state index in [4.69, 9.17) is 11.6 Å². The highest BCUT2D eigenvalue weighted by Gasteiger charge is 2.51. The zero-order valence-corrected chi connectivity index (χ0v) is 17.5. The van der Waals surface area contributed by atoms with Gasteiger partial charge in [0.05, 0.1) is 16.8 Å². The van der Waals surface area contributed by atoms with Crippen molar-refractivity contribution < 1.29 is 4.79 Å². The maximum Gasteiger partial charge on any atom is 0.242 e. The van der Waals surface area contributed by atoms with Crippen molar-refractivity contribution in [2.75, 3.05) is 4.90 Å². The van der Waals surface area contributed by atoms with Gasteiger partial charge in [0.2, 0.25) is 5.91 Å². The third-order valence-electron chi connectivity index (χ3n) is 5.85. The molecule has 4 nitrogen and oxygen atoms in total. The predicted molar refractivity (Wildman–Crippen MR) is 123 cm³/mol. The lowest BCUT2D eigenvalue weighted by molar-refractivity contribution is -0.122. The summed E-state index contributed by atoms with van der Waals surface area (Å²) >= 11 is 6.28. The SMILES string of the molecule is O=C1N(c2cccc(Cl)c2)c2ccccc2C1(Cc1ccncc1)Cc1ccncc1. The Labute approximate surface area is 186 Å². The molecule has 0 radical (unpaired) electrons. The van der Waals surface area contributed by atoms with Gasteiger partial charge in [-0.2, -0.15) is 0 Å². The van der Waals surface area contributed by atoms with E-state index in [0.717, 1.165) is 28.1 Å². The molecule has 152 valence electrons. The molecule has 2 aromatic heterocycles. The summed E-state index contributed by atoms with van der Waals surface area (Å²) in [6, 6.07) is 23.4. The number of pyridine rings is 2. The maximum atomic E-state index is 14.3. The van der Waals surface area contributed by atoms with Gasteiger partial charge in [-0.25, -0.2) is 0 Å². The smallest absolute Gasteiger partial charge is 0.242 e. The van der Waals surface area contributed by atoms with Crippen LogP contribution >= 0.6 is 11.6 Å². The Morgan fingerprint density at radius 3 is 2.00 bits per heavy atom. The molecule has 1 amide bonds. The molecule has 0 N–H and O–H groups in total. The number of benzene rings is 2. The molecule has 0 atom stereocenters. The molecule has 0 spiro atoms. The third kappa shape index (κ3) is 3.49. The van der Waals surface area contributed by atoms with Crippen LogP contribution in [0.25, 0.3) is 0 Å². The van der Waals surface area contributed by atoms with E-state index in [1.54, 1.807) is 24.8 Å². The number of anilines is 2. The standard InChI is InChI=1S/C26H20ClN3O/c27-21-4-3-5-22(16-21)30-24-7-2-1-6-23(24)26(25(30)31,17-19-8-12-28-13-9-19)18-20-10-14-29-15-11-20/h1-16H,17-18H2. The van der Waals surface area contributed by atoms with Crippen molar-refractivity contribution in [1.29, 1.82) is 0 Å². The molecule has 1 aliphatic rings. The molecule has 0 saturated carbocycles. The van der Waals surface area contributed by atoms with Gasteiger partial charge in [-0.1, -0.05) is 35.9 Å². The Hall–Kier alpha value is -3.50. The molecule has 0 fully saturated rings. The molecule has 0 saturated heterocycles. The maximum absolute atomic E-state index is 14.3. The van der Waals surface area contributed by atoms with E-state index in [-0.39, 0.29) is 5.91 Å². The minimum Gasteiger partial charge on any atom is -0.280 e. The number of fused-ring (bicyclic) bond motifs is 1. The summed E-state index contributed by atoms with van der Waals surface area (Å²) in [5.41, 5.74) is 4.09. The monoisotopic (exact) mass is 425 g/mol. The minimum atomic E-state index is -0.748. The van der Waals surface area contributed by atoms with Gasteiger partial charge in [0.25, 0.3) is 0 Å². The molecule has 4 aromatic rings. The first-order valence-electron chi connectivity index (χ1n) is 10.1. The van der Waals surface area contributed by atoms with Crippen LogP contribution in [0.5, 0.6) is 0 Å². The fraction of sp³-hybridized carbons (Fsp3) is 0.115. The van der Waals surface area contributed by atoms with Crippen LogP contribution in [0.1, 0.15) is 16.7 Å². The Balaban J connectivity index is 1.70. The number of nitrogens with zero attached hydrogens (tertiary/aromatic N) is 3. The quantitative estimate of drug-likeness (QED) is 0.422. The van der Waals surface area contributed by atoms with Crippen molar-refractivity contribution in [3.05, 3.63) is 119 Å². The highest BCUT2D eigenvalue weighted by molar-refractivity contribution is 6.31. The summed E-state index contributed by atoms with van der Waals surface area (Å²) in [6.45, 7) is 0. The Morgan fingerprint density at radius 1 is 0.774 bits per heavy atom. The summed E-state index contributed by atoms with van der Waals surface area (Å²) in [5.74, 6) is 0.0459. The number of hydrogen-bond acceptors (Lipinski definition) is 3. The summed E-state index contributed by atoms with van der Waals surface area (Å²) < 4.78 is 0. The summed E-state index contributed by atoms with van der Waals surface area (Å²) in [6.07, 6.45) is 8.24. The summed E-state index contributed by atoms with van der Waals surface area (Å²) in [5, 5.41) is 0.601. The molecule has 0 unspecified atom stereocenters. The van der Waals surface area contributed by atoms with E-state index in [9.17, 15) is 4.79 Å². The van der Waals surface area contributed by atoms with E-state index in [0.29, 0.717) is 17.9 Å². The molecular weight excluding hydrogens is 406 g/mol. The van der Waals surface area contributed by atoms with Crippen LogP contribution in [0.15, 0.2) is 97.6 Å². The highest BCUT2D eigenvalue weighted by atomic mass is 35.5. The molecule has 2 aromatic carbocycles. The molecule has 5 rings (SSSR count). The first-order valence-corrected chi connectivity index (χ1v) is 10.5. The topological polar surface area (TPSA) is 46.1 Å². The number of hydrogen-bond donors (Lipinski definition) is 0. The second kappa shape index (κ2) is 7.97. The first-order chi connectivity index (χ1) is 15.2. The molecule has 5 heteroatoms. The van der Waals surface area contributed by atoms with E-state index in [2.05, 4.69) is 16.0 Å².